The Balaban J connectivity index is 1.75. The summed E-state index contributed by atoms with van der Waals surface area (Å²) in [5.74, 6) is -3.22. The number of nitrogens with zero attached hydrogens (tertiary/aromatic N) is 1. The van der Waals surface area contributed by atoms with Crippen LogP contribution in [0, 0.1) is 0 Å². The van der Waals surface area contributed by atoms with Gasteiger partial charge in [0.05, 0.1) is 6.54 Å². The quantitative estimate of drug-likeness (QED) is 0.522. The van der Waals surface area contributed by atoms with Gasteiger partial charge in [-0.05, 0) is 23.8 Å². The molecule has 1 saturated heterocycles. The molecule has 1 aliphatic heterocycles. The summed E-state index contributed by atoms with van der Waals surface area (Å²) in [6.45, 7) is -0.137. The number of halogens is 2. The number of benzene rings is 2. The second-order valence-corrected chi connectivity index (χ2v) is 6.51. The number of alkyl halides is 2. The highest BCUT2D eigenvalue weighted by molar-refractivity contribution is 6.46. The van der Waals surface area contributed by atoms with Crippen LogP contribution in [0.2, 0.25) is 0 Å². The van der Waals surface area contributed by atoms with Crippen LogP contribution in [0.5, 0.6) is 5.75 Å². The van der Waals surface area contributed by atoms with Crippen LogP contribution in [0.1, 0.15) is 11.1 Å². The van der Waals surface area contributed by atoms with Gasteiger partial charge in [0.1, 0.15) is 24.1 Å². The molecule has 0 aromatic heterocycles. The zero-order valence-electron chi connectivity index (χ0n) is 15.4. The summed E-state index contributed by atoms with van der Waals surface area (Å²) in [4.78, 5) is 16.5. The van der Waals surface area contributed by atoms with Gasteiger partial charge in [-0.2, -0.15) is 0 Å². The number of hydrogen-bond acceptors (Lipinski definition) is 5. The Morgan fingerprint density at radius 1 is 1.32 bits per heavy atom. The monoisotopic (exact) mass is 388 g/mol. The zero-order chi connectivity index (χ0) is 20.1. The van der Waals surface area contributed by atoms with Crippen molar-refractivity contribution in [1.82, 2.24) is 10.6 Å². The molecule has 0 radical (unpaired) electrons. The van der Waals surface area contributed by atoms with Crippen LogP contribution < -0.4 is 21.1 Å². The van der Waals surface area contributed by atoms with Crippen molar-refractivity contribution in [1.29, 1.82) is 0 Å². The maximum absolute atomic E-state index is 13.8. The van der Waals surface area contributed by atoms with E-state index in [4.69, 9.17) is 10.5 Å². The van der Waals surface area contributed by atoms with E-state index in [1.54, 1.807) is 18.2 Å². The molecule has 6 nitrogen and oxygen atoms in total. The predicted molar refractivity (Wildman–Crippen MR) is 104 cm³/mol. The first-order valence-electron chi connectivity index (χ1n) is 8.83. The molecule has 2 aromatic rings. The van der Waals surface area contributed by atoms with Gasteiger partial charge in [-0.25, -0.2) is 8.78 Å². The van der Waals surface area contributed by atoms with Crippen molar-refractivity contribution < 1.29 is 18.3 Å². The number of anilines is 1. The molecular weight excluding hydrogens is 366 g/mol. The van der Waals surface area contributed by atoms with Crippen molar-refractivity contribution >= 4 is 17.3 Å². The number of rotatable bonds is 6. The lowest BCUT2D eigenvalue weighted by Gasteiger charge is -2.20. The number of nitrogens with two attached hydrogens (primary N) is 1. The zero-order valence-corrected chi connectivity index (χ0v) is 15.4. The standard InChI is InChI=1S/C20H22F2N4O2/c1-24-18(19(27)26-17-10-25-12-20(17,21)22)15-9-14(7-8-16(15)23)28-11-13-5-3-2-4-6-13/h2-9,17,25H,10-12,23H2,1H3,(H,26,27)/t17-/m1/s1. The van der Waals surface area contributed by atoms with E-state index in [9.17, 15) is 13.6 Å². The van der Waals surface area contributed by atoms with Gasteiger partial charge >= 0.3 is 0 Å². The maximum atomic E-state index is 13.8. The molecule has 28 heavy (non-hydrogen) atoms. The maximum Gasteiger partial charge on any atom is 0.281 e. The highest BCUT2D eigenvalue weighted by Crippen LogP contribution is 2.24. The van der Waals surface area contributed by atoms with E-state index >= 15 is 0 Å². The molecule has 0 saturated carbocycles. The SMILES string of the molecule is CN=C(C(=O)N[C@@H]1CNCC1(F)F)c1cc(OCc2ccccc2)ccc1N. The smallest absolute Gasteiger partial charge is 0.281 e. The van der Waals surface area contributed by atoms with Gasteiger partial charge in [-0.15, -0.1) is 0 Å². The number of carbonyl (C=O) groups excluding carboxylic acids is 1. The topological polar surface area (TPSA) is 88.7 Å². The Hall–Kier alpha value is -3.00. The molecule has 1 amide bonds. The predicted octanol–water partition coefficient (Wildman–Crippen LogP) is 1.99. The van der Waals surface area contributed by atoms with Crippen LogP contribution in [0.3, 0.4) is 0 Å². The Labute approximate surface area is 161 Å². The number of carbonyl (C=O) groups is 1. The van der Waals surface area contributed by atoms with Crippen molar-refractivity contribution in [2.45, 2.75) is 18.6 Å². The van der Waals surface area contributed by atoms with Crippen LogP contribution in [-0.4, -0.2) is 43.7 Å². The highest BCUT2D eigenvalue weighted by Gasteiger charge is 2.45. The number of amides is 1. The normalized spacial score (nSPS) is 18.7. The molecular formula is C20H22F2N4O2. The number of aliphatic imine (C=N–C) groups is 1. The first-order chi connectivity index (χ1) is 13.4. The number of hydrogen-bond donors (Lipinski definition) is 3. The van der Waals surface area contributed by atoms with Crippen molar-refractivity contribution in [3.8, 4) is 5.75 Å². The summed E-state index contributed by atoms with van der Waals surface area (Å²) in [5, 5.41) is 4.91. The van der Waals surface area contributed by atoms with Crippen LogP contribution in [0.15, 0.2) is 53.5 Å². The van der Waals surface area contributed by atoms with Crippen molar-refractivity contribution in [2.75, 3.05) is 25.9 Å². The molecule has 1 fully saturated rings. The number of ether oxygens (including phenoxy) is 1. The van der Waals surface area contributed by atoms with E-state index in [-0.39, 0.29) is 12.3 Å². The first kappa shape index (κ1) is 19.8. The lowest BCUT2D eigenvalue weighted by atomic mass is 10.1. The summed E-state index contributed by atoms with van der Waals surface area (Å²) < 4.78 is 33.3. The Morgan fingerprint density at radius 3 is 2.71 bits per heavy atom. The van der Waals surface area contributed by atoms with Crippen molar-refractivity contribution in [3.63, 3.8) is 0 Å². The average Bonchev–Trinajstić information content (AvgIpc) is 3.01. The molecule has 0 bridgehead atoms. The molecule has 0 spiro atoms. The Bertz CT molecular complexity index is 872. The molecule has 0 aliphatic carbocycles. The number of nitrogen functional groups attached to an aromatic ring is 1. The van der Waals surface area contributed by atoms with Crippen molar-refractivity contribution in [3.05, 3.63) is 59.7 Å². The largest absolute Gasteiger partial charge is 0.489 e. The summed E-state index contributed by atoms with van der Waals surface area (Å²) in [5.41, 5.74) is 7.60. The minimum atomic E-state index is -3.01. The van der Waals surface area contributed by atoms with Gasteiger partial charge < -0.3 is 21.1 Å². The summed E-state index contributed by atoms with van der Waals surface area (Å²) in [6, 6.07) is 13.2. The van der Waals surface area contributed by atoms with Gasteiger partial charge in [0.25, 0.3) is 11.8 Å². The molecule has 2 aromatic carbocycles. The lowest BCUT2D eigenvalue weighted by molar-refractivity contribution is -0.117. The third-order valence-corrected chi connectivity index (χ3v) is 4.49. The van der Waals surface area contributed by atoms with Gasteiger partial charge in [-0.3, -0.25) is 9.79 Å². The van der Waals surface area contributed by atoms with Gasteiger partial charge in [0.2, 0.25) is 0 Å². The molecule has 148 valence electrons. The summed E-state index contributed by atoms with van der Waals surface area (Å²) in [7, 11) is 1.41. The molecule has 3 rings (SSSR count). The second-order valence-electron chi connectivity index (χ2n) is 6.51. The fourth-order valence-corrected chi connectivity index (χ4v) is 2.95. The second kappa shape index (κ2) is 8.35. The third kappa shape index (κ3) is 4.45. The van der Waals surface area contributed by atoms with Crippen LogP contribution >= 0.6 is 0 Å². The fourth-order valence-electron chi connectivity index (χ4n) is 2.95. The van der Waals surface area contributed by atoms with E-state index in [2.05, 4.69) is 15.6 Å². The minimum absolute atomic E-state index is 0.00849. The molecule has 1 heterocycles. The van der Waals surface area contributed by atoms with Crippen LogP contribution in [-0.2, 0) is 11.4 Å². The van der Waals surface area contributed by atoms with E-state index in [0.717, 1.165) is 5.56 Å². The third-order valence-electron chi connectivity index (χ3n) is 4.49. The van der Waals surface area contributed by atoms with Crippen molar-refractivity contribution in [2.24, 2.45) is 4.99 Å². The van der Waals surface area contributed by atoms with E-state index in [1.807, 2.05) is 30.3 Å². The molecule has 1 aliphatic rings. The molecule has 8 heteroatoms. The van der Waals surface area contributed by atoms with Gasteiger partial charge in [0, 0.05) is 24.8 Å². The van der Waals surface area contributed by atoms with Crippen LogP contribution in [0.4, 0.5) is 14.5 Å². The minimum Gasteiger partial charge on any atom is -0.489 e. The molecule has 1 atom stereocenters. The molecule has 0 unspecified atom stereocenters. The van der Waals surface area contributed by atoms with E-state index in [0.29, 0.717) is 23.6 Å². The summed E-state index contributed by atoms with van der Waals surface area (Å²) >= 11 is 0. The molecule has 4 N–H and O–H groups in total. The average molecular weight is 388 g/mol. The first-order valence-corrected chi connectivity index (χ1v) is 8.83. The van der Waals surface area contributed by atoms with Gasteiger partial charge in [0.15, 0.2) is 0 Å². The van der Waals surface area contributed by atoms with Crippen LogP contribution in [0.25, 0.3) is 0 Å². The summed E-state index contributed by atoms with van der Waals surface area (Å²) in [6.07, 6.45) is 0. The highest BCUT2D eigenvalue weighted by atomic mass is 19.3. The Kier molecular flexibility index (Phi) is 5.89. The van der Waals surface area contributed by atoms with E-state index in [1.165, 1.54) is 7.05 Å². The van der Waals surface area contributed by atoms with E-state index < -0.39 is 24.4 Å². The van der Waals surface area contributed by atoms with Gasteiger partial charge in [-0.1, -0.05) is 30.3 Å². The number of nitrogens with one attached hydrogen (secondary N) is 2. The lowest BCUT2D eigenvalue weighted by Crippen LogP contribution is -2.49. The Morgan fingerprint density at radius 2 is 2.07 bits per heavy atom. The fraction of sp³-hybridized carbons (Fsp3) is 0.300.